The van der Waals surface area contributed by atoms with Crippen molar-refractivity contribution in [2.75, 3.05) is 26.7 Å². The smallest absolute Gasteiger partial charge is 0.227 e. The molecular formula is C20H28N4O2. The molecule has 1 amide bonds. The highest BCUT2D eigenvalue weighted by Crippen LogP contribution is 2.18. The molecular weight excluding hydrogens is 328 g/mol. The summed E-state index contributed by atoms with van der Waals surface area (Å²) in [6.07, 6.45) is 3.11. The van der Waals surface area contributed by atoms with Crippen LogP contribution < -0.4 is 0 Å². The largest absolute Gasteiger partial charge is 0.340 e. The van der Waals surface area contributed by atoms with E-state index in [4.69, 9.17) is 4.52 Å². The van der Waals surface area contributed by atoms with Crippen LogP contribution in [0.25, 0.3) is 0 Å². The molecule has 1 fully saturated rings. The van der Waals surface area contributed by atoms with E-state index in [1.807, 2.05) is 23.1 Å². The summed E-state index contributed by atoms with van der Waals surface area (Å²) in [6, 6.07) is 8.40. The number of carbonyl (C=O) groups excluding carboxylic acids is 1. The van der Waals surface area contributed by atoms with Crippen molar-refractivity contribution in [3.8, 4) is 0 Å². The zero-order valence-electron chi connectivity index (χ0n) is 15.9. The molecule has 0 N–H and O–H groups in total. The van der Waals surface area contributed by atoms with E-state index in [1.54, 1.807) is 6.92 Å². The van der Waals surface area contributed by atoms with Gasteiger partial charge in [0, 0.05) is 25.9 Å². The molecule has 2 aromatic rings. The molecule has 26 heavy (non-hydrogen) atoms. The van der Waals surface area contributed by atoms with Gasteiger partial charge < -0.3 is 14.3 Å². The van der Waals surface area contributed by atoms with Crippen LogP contribution in [-0.4, -0.2) is 58.6 Å². The minimum atomic E-state index is 0.189. The third-order valence-corrected chi connectivity index (χ3v) is 5.20. The van der Waals surface area contributed by atoms with Crippen LogP contribution in [-0.2, 0) is 17.6 Å². The maximum absolute atomic E-state index is 13.1. The van der Waals surface area contributed by atoms with E-state index in [1.165, 1.54) is 0 Å². The summed E-state index contributed by atoms with van der Waals surface area (Å²) in [5, 5.41) is 3.97. The molecule has 0 atom stereocenters. The molecule has 2 heterocycles. The Morgan fingerprint density at radius 2 is 2.00 bits per heavy atom. The average molecular weight is 356 g/mol. The number of hydrogen-bond donors (Lipinski definition) is 0. The standard InChI is InChI=1S/C20H28N4O2/c1-15-6-4-5-7-17(15)14-20(25)24(18-8-11-23(3)12-9-18)13-10-19-21-16(2)26-22-19/h4-7,18H,8-14H2,1-3H3. The van der Waals surface area contributed by atoms with Crippen molar-refractivity contribution in [1.82, 2.24) is 19.9 Å². The first-order chi connectivity index (χ1) is 12.5. The van der Waals surface area contributed by atoms with E-state index in [0.717, 1.165) is 37.1 Å². The van der Waals surface area contributed by atoms with Gasteiger partial charge in [-0.2, -0.15) is 4.98 Å². The van der Waals surface area contributed by atoms with Crippen molar-refractivity contribution in [3.63, 3.8) is 0 Å². The fourth-order valence-electron chi connectivity index (χ4n) is 3.55. The summed E-state index contributed by atoms with van der Waals surface area (Å²) in [5.74, 6) is 1.43. The number of benzene rings is 1. The molecule has 1 aromatic carbocycles. The van der Waals surface area contributed by atoms with Gasteiger partial charge in [-0.3, -0.25) is 4.79 Å². The summed E-state index contributed by atoms with van der Waals surface area (Å²) < 4.78 is 5.06. The highest BCUT2D eigenvalue weighted by molar-refractivity contribution is 5.79. The first-order valence-corrected chi connectivity index (χ1v) is 9.34. The van der Waals surface area contributed by atoms with E-state index in [-0.39, 0.29) is 11.9 Å². The molecule has 3 rings (SSSR count). The summed E-state index contributed by atoms with van der Waals surface area (Å²) in [5.41, 5.74) is 2.27. The van der Waals surface area contributed by atoms with Crippen LogP contribution in [0.4, 0.5) is 0 Å². The van der Waals surface area contributed by atoms with Crippen LogP contribution in [0.5, 0.6) is 0 Å². The van der Waals surface area contributed by atoms with E-state index < -0.39 is 0 Å². The third kappa shape index (κ3) is 4.69. The van der Waals surface area contributed by atoms with Crippen molar-refractivity contribution >= 4 is 5.91 Å². The molecule has 1 aliphatic rings. The van der Waals surface area contributed by atoms with Crippen LogP contribution in [0.3, 0.4) is 0 Å². The lowest BCUT2D eigenvalue weighted by Gasteiger charge is -2.37. The van der Waals surface area contributed by atoms with Gasteiger partial charge in [0.1, 0.15) is 0 Å². The topological polar surface area (TPSA) is 62.5 Å². The lowest BCUT2D eigenvalue weighted by atomic mass is 10.0. The van der Waals surface area contributed by atoms with Crippen molar-refractivity contribution < 1.29 is 9.32 Å². The number of nitrogens with zero attached hydrogens (tertiary/aromatic N) is 4. The van der Waals surface area contributed by atoms with Crippen LogP contribution in [0.2, 0.25) is 0 Å². The Labute approximate surface area is 155 Å². The summed E-state index contributed by atoms with van der Waals surface area (Å²) >= 11 is 0. The molecule has 6 heteroatoms. The van der Waals surface area contributed by atoms with Crippen molar-refractivity contribution in [2.45, 2.75) is 45.6 Å². The number of aryl methyl sites for hydroxylation is 2. The van der Waals surface area contributed by atoms with Gasteiger partial charge in [0.05, 0.1) is 6.42 Å². The second-order valence-electron chi connectivity index (χ2n) is 7.20. The van der Waals surface area contributed by atoms with E-state index in [0.29, 0.717) is 31.1 Å². The quantitative estimate of drug-likeness (QED) is 0.795. The first-order valence-electron chi connectivity index (χ1n) is 9.34. The van der Waals surface area contributed by atoms with E-state index in [2.05, 4.69) is 35.1 Å². The monoisotopic (exact) mass is 356 g/mol. The Morgan fingerprint density at radius 3 is 2.65 bits per heavy atom. The van der Waals surface area contributed by atoms with Crippen molar-refractivity contribution in [1.29, 1.82) is 0 Å². The molecule has 1 aromatic heterocycles. The minimum Gasteiger partial charge on any atom is -0.340 e. The van der Waals surface area contributed by atoms with Gasteiger partial charge in [0.2, 0.25) is 11.8 Å². The Morgan fingerprint density at radius 1 is 1.27 bits per heavy atom. The van der Waals surface area contributed by atoms with Gasteiger partial charge in [0.15, 0.2) is 5.82 Å². The van der Waals surface area contributed by atoms with Crippen LogP contribution in [0, 0.1) is 13.8 Å². The molecule has 0 saturated carbocycles. The molecule has 0 spiro atoms. The Bertz CT molecular complexity index is 735. The zero-order chi connectivity index (χ0) is 18.5. The highest BCUT2D eigenvalue weighted by atomic mass is 16.5. The number of aromatic nitrogens is 2. The van der Waals surface area contributed by atoms with Gasteiger partial charge >= 0.3 is 0 Å². The normalized spacial score (nSPS) is 16.0. The summed E-state index contributed by atoms with van der Waals surface area (Å²) in [7, 11) is 2.14. The molecule has 0 radical (unpaired) electrons. The Balaban J connectivity index is 1.70. The molecule has 1 aliphatic heterocycles. The molecule has 1 saturated heterocycles. The van der Waals surface area contributed by atoms with E-state index >= 15 is 0 Å². The lowest BCUT2D eigenvalue weighted by Crippen LogP contribution is -2.48. The SMILES string of the molecule is Cc1nc(CCN(C(=O)Cc2ccccc2C)C2CCN(C)CC2)no1. The number of carbonyl (C=O) groups is 1. The molecule has 0 bridgehead atoms. The van der Waals surface area contributed by atoms with Gasteiger partial charge in [-0.25, -0.2) is 0 Å². The van der Waals surface area contributed by atoms with E-state index in [9.17, 15) is 4.79 Å². The van der Waals surface area contributed by atoms with Crippen molar-refractivity contribution in [2.24, 2.45) is 0 Å². The van der Waals surface area contributed by atoms with Gasteiger partial charge in [-0.05, 0) is 51.0 Å². The lowest BCUT2D eigenvalue weighted by molar-refractivity contribution is -0.133. The Hall–Kier alpha value is -2.21. The van der Waals surface area contributed by atoms with Gasteiger partial charge in [0.25, 0.3) is 0 Å². The fourth-order valence-corrected chi connectivity index (χ4v) is 3.55. The number of hydrogen-bond acceptors (Lipinski definition) is 5. The first kappa shape index (κ1) is 18.6. The Kier molecular flexibility index (Phi) is 6.04. The van der Waals surface area contributed by atoms with Crippen LogP contribution in [0.1, 0.15) is 35.7 Å². The summed E-state index contributed by atoms with van der Waals surface area (Å²) in [6.45, 7) is 6.54. The highest BCUT2D eigenvalue weighted by Gasteiger charge is 2.27. The number of likely N-dealkylation sites (tertiary alicyclic amines) is 1. The molecule has 140 valence electrons. The average Bonchev–Trinajstić information content (AvgIpc) is 3.04. The maximum Gasteiger partial charge on any atom is 0.227 e. The maximum atomic E-state index is 13.1. The number of amides is 1. The minimum absolute atomic E-state index is 0.189. The zero-order valence-corrected chi connectivity index (χ0v) is 15.9. The molecule has 0 aliphatic carbocycles. The van der Waals surface area contributed by atoms with Gasteiger partial charge in [-0.1, -0.05) is 29.4 Å². The fraction of sp³-hybridized carbons (Fsp3) is 0.550. The second-order valence-corrected chi connectivity index (χ2v) is 7.20. The summed E-state index contributed by atoms with van der Waals surface area (Å²) in [4.78, 5) is 21.8. The third-order valence-electron chi connectivity index (χ3n) is 5.20. The number of rotatable bonds is 6. The molecule has 0 unspecified atom stereocenters. The number of piperidine rings is 1. The second kappa shape index (κ2) is 8.45. The van der Waals surface area contributed by atoms with Crippen LogP contribution >= 0.6 is 0 Å². The van der Waals surface area contributed by atoms with Gasteiger partial charge in [-0.15, -0.1) is 0 Å². The predicted octanol–water partition coefficient (Wildman–Crippen LogP) is 2.39. The molecule has 6 nitrogen and oxygen atoms in total. The van der Waals surface area contributed by atoms with Crippen LogP contribution in [0.15, 0.2) is 28.8 Å². The van der Waals surface area contributed by atoms with Crippen molar-refractivity contribution in [3.05, 3.63) is 47.1 Å². The predicted molar refractivity (Wildman–Crippen MR) is 99.9 cm³/mol.